The predicted molar refractivity (Wildman–Crippen MR) is 107 cm³/mol. The fourth-order valence-corrected chi connectivity index (χ4v) is 5.95. The third-order valence-electron chi connectivity index (χ3n) is 5.20. The predicted octanol–water partition coefficient (Wildman–Crippen LogP) is 2.51. The van der Waals surface area contributed by atoms with Crippen LogP contribution < -0.4 is 5.32 Å². The van der Waals surface area contributed by atoms with Gasteiger partial charge in [-0.15, -0.1) is 11.8 Å². The number of β-lactam (4-membered cyclic amide) rings is 1. The SMILES string of the molecule is CCC(C(=S)N[C@@]1(C#N)C(=O)N2[C@@H](C(=O)O)C(C)(C)S[C@@H]21)c1ccccc1. The lowest BCUT2D eigenvalue weighted by atomic mass is 9.84. The maximum absolute atomic E-state index is 12.9. The maximum atomic E-state index is 12.9. The Bertz CT molecular complexity index is 836. The molecule has 1 amide bonds. The van der Waals surface area contributed by atoms with Crippen molar-refractivity contribution in [2.45, 2.75) is 54.8 Å². The van der Waals surface area contributed by atoms with E-state index < -0.39 is 33.6 Å². The number of thiocarbonyl (C=S) groups is 1. The molecule has 2 heterocycles. The number of benzene rings is 1. The summed E-state index contributed by atoms with van der Waals surface area (Å²) in [5.41, 5.74) is -0.511. The van der Waals surface area contributed by atoms with Crippen LogP contribution in [-0.4, -0.2) is 48.6 Å². The van der Waals surface area contributed by atoms with Gasteiger partial charge in [0.1, 0.15) is 17.5 Å². The summed E-state index contributed by atoms with van der Waals surface area (Å²) < 4.78 is -0.697. The molecule has 142 valence electrons. The van der Waals surface area contributed by atoms with Crippen LogP contribution in [0.4, 0.5) is 0 Å². The van der Waals surface area contributed by atoms with E-state index in [0.717, 1.165) is 12.0 Å². The van der Waals surface area contributed by atoms with Gasteiger partial charge in [0, 0.05) is 10.7 Å². The summed E-state index contributed by atoms with van der Waals surface area (Å²) in [5, 5.41) is 21.8. The number of carboxylic acids is 1. The molecular weight excluding hydrogens is 382 g/mol. The van der Waals surface area contributed by atoms with Crippen molar-refractivity contribution in [3.05, 3.63) is 35.9 Å². The van der Waals surface area contributed by atoms with E-state index in [1.54, 1.807) is 13.8 Å². The number of carbonyl (C=O) groups excluding carboxylic acids is 1. The van der Waals surface area contributed by atoms with E-state index in [1.165, 1.54) is 16.7 Å². The second-order valence-electron chi connectivity index (χ2n) is 7.31. The van der Waals surface area contributed by atoms with Crippen LogP contribution in [0.15, 0.2) is 30.3 Å². The highest BCUT2D eigenvalue weighted by molar-refractivity contribution is 8.01. The standard InChI is InChI=1S/C19H21N3O3S2/c1-4-12(11-8-6-5-7-9-11)14(26)21-19(10-20)16(25)22-13(15(23)24)18(2,3)27-17(19)22/h5-9,12-13,17H,4H2,1-3H3,(H,21,26)(H,23,24)/t12?,13-,17+,19-/m0/s1. The third-order valence-corrected chi connectivity index (χ3v) is 7.23. The average molecular weight is 404 g/mol. The van der Waals surface area contributed by atoms with Crippen LogP contribution in [0, 0.1) is 11.3 Å². The lowest BCUT2D eigenvalue weighted by Crippen LogP contribution is -2.79. The molecule has 1 aromatic rings. The summed E-state index contributed by atoms with van der Waals surface area (Å²) in [5.74, 6) is -1.71. The van der Waals surface area contributed by atoms with Crippen LogP contribution in [-0.2, 0) is 9.59 Å². The number of nitrogens with zero attached hydrogens (tertiary/aromatic N) is 2. The van der Waals surface area contributed by atoms with Crippen LogP contribution in [0.2, 0.25) is 0 Å². The molecule has 0 spiro atoms. The van der Waals surface area contributed by atoms with E-state index in [1.807, 2.05) is 37.3 Å². The first-order valence-corrected chi connectivity index (χ1v) is 10.00. The van der Waals surface area contributed by atoms with Crippen LogP contribution in [0.5, 0.6) is 0 Å². The van der Waals surface area contributed by atoms with Crippen molar-refractivity contribution in [1.29, 1.82) is 5.26 Å². The molecule has 2 N–H and O–H groups in total. The number of hydrogen-bond donors (Lipinski definition) is 2. The minimum Gasteiger partial charge on any atom is -0.480 e. The Morgan fingerprint density at radius 1 is 1.44 bits per heavy atom. The summed E-state index contributed by atoms with van der Waals surface area (Å²) in [7, 11) is 0. The van der Waals surface area contributed by atoms with Gasteiger partial charge in [-0.05, 0) is 25.8 Å². The number of amides is 1. The van der Waals surface area contributed by atoms with Gasteiger partial charge < -0.3 is 15.3 Å². The van der Waals surface area contributed by atoms with Gasteiger partial charge in [0.05, 0.1) is 4.99 Å². The summed E-state index contributed by atoms with van der Waals surface area (Å²) >= 11 is 6.89. The molecule has 0 radical (unpaired) electrons. The van der Waals surface area contributed by atoms with Gasteiger partial charge in [-0.25, -0.2) is 4.79 Å². The van der Waals surface area contributed by atoms with Crippen molar-refractivity contribution >= 4 is 40.8 Å². The van der Waals surface area contributed by atoms with E-state index in [9.17, 15) is 20.0 Å². The molecule has 2 aliphatic heterocycles. The molecule has 4 atom stereocenters. The van der Waals surface area contributed by atoms with Crippen molar-refractivity contribution < 1.29 is 14.7 Å². The molecule has 2 saturated heterocycles. The summed E-state index contributed by atoms with van der Waals surface area (Å²) in [6.07, 6.45) is 0.719. The van der Waals surface area contributed by atoms with Crippen molar-refractivity contribution in [2.24, 2.45) is 0 Å². The first-order valence-electron chi connectivity index (χ1n) is 8.71. The maximum Gasteiger partial charge on any atom is 0.327 e. The number of carboxylic acid groups (broad SMARTS) is 1. The summed E-state index contributed by atoms with van der Waals surface area (Å²) in [6, 6.07) is 10.8. The van der Waals surface area contributed by atoms with Gasteiger partial charge in [-0.3, -0.25) is 4.79 Å². The van der Waals surface area contributed by atoms with Gasteiger partial charge >= 0.3 is 5.97 Å². The van der Waals surface area contributed by atoms with Gasteiger partial charge in [0.2, 0.25) is 5.54 Å². The third kappa shape index (κ3) is 2.89. The Balaban J connectivity index is 1.88. The lowest BCUT2D eigenvalue weighted by molar-refractivity contribution is -0.163. The van der Waals surface area contributed by atoms with Crippen LogP contribution in [0.1, 0.15) is 38.7 Å². The van der Waals surface area contributed by atoms with E-state index in [0.29, 0.717) is 4.99 Å². The monoisotopic (exact) mass is 403 g/mol. The Labute approximate surface area is 167 Å². The molecule has 2 aliphatic rings. The second kappa shape index (κ2) is 6.80. The number of carbonyl (C=O) groups is 2. The minimum atomic E-state index is -1.52. The second-order valence-corrected chi connectivity index (χ2v) is 9.48. The fraction of sp³-hybridized carbons (Fsp3) is 0.474. The molecule has 27 heavy (non-hydrogen) atoms. The first-order chi connectivity index (χ1) is 12.7. The zero-order chi connectivity index (χ0) is 20.0. The highest BCUT2D eigenvalue weighted by Crippen LogP contribution is 2.54. The Hall–Kier alpha value is -2.11. The molecule has 2 fully saturated rings. The minimum absolute atomic E-state index is 0.122. The molecule has 6 nitrogen and oxygen atoms in total. The largest absolute Gasteiger partial charge is 0.480 e. The quantitative estimate of drug-likeness (QED) is 0.576. The van der Waals surface area contributed by atoms with Crippen molar-refractivity contribution in [2.75, 3.05) is 0 Å². The van der Waals surface area contributed by atoms with E-state index in [2.05, 4.69) is 11.4 Å². The van der Waals surface area contributed by atoms with Crippen LogP contribution >= 0.6 is 24.0 Å². The molecule has 0 aromatic heterocycles. The zero-order valence-corrected chi connectivity index (χ0v) is 16.9. The fourth-order valence-electron chi connectivity index (χ4n) is 3.84. The summed E-state index contributed by atoms with van der Waals surface area (Å²) in [6.45, 7) is 5.55. The van der Waals surface area contributed by atoms with Crippen LogP contribution in [0.3, 0.4) is 0 Å². The molecule has 1 unspecified atom stereocenters. The molecule has 0 bridgehead atoms. The van der Waals surface area contributed by atoms with Gasteiger partial charge in [-0.2, -0.15) is 5.26 Å². The Morgan fingerprint density at radius 2 is 2.07 bits per heavy atom. The van der Waals surface area contributed by atoms with Gasteiger partial charge in [0.25, 0.3) is 5.91 Å². The molecule has 0 saturated carbocycles. The Morgan fingerprint density at radius 3 is 2.59 bits per heavy atom. The van der Waals surface area contributed by atoms with Crippen molar-refractivity contribution in [3.63, 3.8) is 0 Å². The van der Waals surface area contributed by atoms with E-state index in [-0.39, 0.29) is 5.92 Å². The molecule has 1 aromatic carbocycles. The highest BCUT2D eigenvalue weighted by Gasteiger charge is 2.72. The van der Waals surface area contributed by atoms with E-state index in [4.69, 9.17) is 12.2 Å². The number of aliphatic carboxylic acids is 1. The molecule has 8 heteroatoms. The lowest BCUT2D eigenvalue weighted by Gasteiger charge is -2.49. The smallest absolute Gasteiger partial charge is 0.327 e. The molecule has 0 aliphatic carbocycles. The number of thioether (sulfide) groups is 1. The Kier molecular flexibility index (Phi) is 4.95. The number of hydrogen-bond acceptors (Lipinski definition) is 5. The summed E-state index contributed by atoms with van der Waals surface area (Å²) in [4.78, 5) is 26.3. The number of rotatable bonds is 5. The zero-order valence-electron chi connectivity index (χ0n) is 15.3. The average Bonchev–Trinajstić information content (AvgIpc) is 2.90. The van der Waals surface area contributed by atoms with Gasteiger partial charge in [-0.1, -0.05) is 49.5 Å². The number of nitriles is 1. The molecule has 3 rings (SSSR count). The van der Waals surface area contributed by atoms with Crippen molar-refractivity contribution in [1.82, 2.24) is 10.2 Å². The van der Waals surface area contributed by atoms with E-state index >= 15 is 0 Å². The van der Waals surface area contributed by atoms with Crippen molar-refractivity contribution in [3.8, 4) is 6.07 Å². The molecular formula is C19H21N3O3S2. The number of nitrogens with one attached hydrogen (secondary N) is 1. The van der Waals surface area contributed by atoms with Gasteiger partial charge in [0.15, 0.2) is 0 Å². The van der Waals surface area contributed by atoms with Crippen LogP contribution in [0.25, 0.3) is 0 Å². The number of fused-ring (bicyclic) bond motifs is 1. The first kappa shape index (κ1) is 19.6. The normalized spacial score (nSPS) is 29.3. The highest BCUT2D eigenvalue weighted by atomic mass is 32.2. The topological polar surface area (TPSA) is 93.4 Å².